The van der Waals surface area contributed by atoms with Gasteiger partial charge in [-0.3, -0.25) is 4.57 Å². The highest BCUT2D eigenvalue weighted by Gasteiger charge is 2.26. The van der Waals surface area contributed by atoms with E-state index in [1.54, 1.807) is 0 Å². The Morgan fingerprint density at radius 1 is 0.426 bits per heavy atom. The predicted molar refractivity (Wildman–Crippen MR) is 198 cm³/mol. The number of fused-ring (bicyclic) bond motifs is 9. The Labute approximate surface area is 276 Å². The first-order chi connectivity index (χ1) is 23.3. The van der Waals surface area contributed by atoms with E-state index in [9.17, 15) is 0 Å². The number of anilines is 3. The number of para-hydroxylation sites is 4. The lowest BCUT2D eigenvalue weighted by molar-refractivity contribution is 1.10. The number of rotatable bonds is 3. The lowest BCUT2D eigenvalue weighted by Crippen LogP contribution is -2.14. The molecule has 0 unspecified atom stereocenters. The number of nitrogens with zero attached hydrogens (tertiary/aromatic N) is 3. The Kier molecular flexibility index (Phi) is 5.81. The Morgan fingerprint density at radius 2 is 1.04 bits per heavy atom. The zero-order chi connectivity index (χ0) is 30.9. The molecule has 4 heteroatoms. The Morgan fingerprint density at radius 3 is 1.83 bits per heavy atom. The molecule has 1 aliphatic heterocycles. The first-order valence-electron chi connectivity index (χ1n) is 15.9. The molecule has 2 heterocycles. The quantitative estimate of drug-likeness (QED) is 0.184. The van der Waals surface area contributed by atoms with E-state index in [0.29, 0.717) is 0 Å². The molecule has 0 atom stereocenters. The van der Waals surface area contributed by atoms with Crippen LogP contribution in [0.15, 0.2) is 174 Å². The van der Waals surface area contributed by atoms with Crippen LogP contribution in [-0.2, 0) is 0 Å². The molecule has 0 aliphatic carbocycles. The molecule has 10 rings (SSSR count). The third kappa shape index (κ3) is 4.05. The highest BCUT2D eigenvalue weighted by atomic mass is 32.2. The summed E-state index contributed by atoms with van der Waals surface area (Å²) in [5.74, 6) is 0.934. The minimum Gasteiger partial charge on any atom is -0.308 e. The minimum absolute atomic E-state index is 0.934. The summed E-state index contributed by atoms with van der Waals surface area (Å²) in [4.78, 5) is 10.1. The molecule has 220 valence electrons. The molecule has 0 saturated carbocycles. The first kappa shape index (κ1) is 26.4. The van der Waals surface area contributed by atoms with Crippen molar-refractivity contribution >= 4 is 72.2 Å². The van der Waals surface area contributed by atoms with Crippen LogP contribution < -0.4 is 4.90 Å². The molecule has 0 amide bonds. The van der Waals surface area contributed by atoms with Crippen molar-refractivity contribution in [2.45, 2.75) is 9.79 Å². The molecule has 3 nitrogen and oxygen atoms in total. The van der Waals surface area contributed by atoms with Crippen molar-refractivity contribution in [2.24, 2.45) is 0 Å². The van der Waals surface area contributed by atoms with Gasteiger partial charge in [-0.05, 0) is 99.0 Å². The van der Waals surface area contributed by atoms with Gasteiger partial charge >= 0.3 is 0 Å². The lowest BCUT2D eigenvalue weighted by Gasteiger charge is -2.33. The zero-order valence-corrected chi connectivity index (χ0v) is 26.2. The topological polar surface area (TPSA) is 21.1 Å². The summed E-state index contributed by atoms with van der Waals surface area (Å²) in [6, 6.07) is 58.9. The summed E-state index contributed by atoms with van der Waals surface area (Å²) in [6.45, 7) is 0. The van der Waals surface area contributed by atoms with Gasteiger partial charge in [-0.1, -0.05) is 109 Å². The van der Waals surface area contributed by atoms with Gasteiger partial charge in [0.2, 0.25) is 0 Å². The highest BCUT2D eigenvalue weighted by Crippen LogP contribution is 2.52. The standard InChI is InChI=1S/C43H27N3S/c1-2-12-29(13-3-1)45-39-20-10-11-21-41(39)47-42-26-28(22-25-40(42)45)43-44-37-18-8-9-19-38(37)46(43)30-23-24-35-33-16-5-4-14-31(33)32-15-6-7-17-34(32)36(35)27-30/h1-27H. The Balaban J connectivity index is 1.20. The van der Waals surface area contributed by atoms with E-state index in [-0.39, 0.29) is 0 Å². The van der Waals surface area contributed by atoms with E-state index in [0.717, 1.165) is 33.8 Å². The molecular weight excluding hydrogens is 591 g/mol. The Hall–Kier alpha value is -5.84. The monoisotopic (exact) mass is 617 g/mol. The summed E-state index contributed by atoms with van der Waals surface area (Å²) in [5, 5.41) is 7.61. The van der Waals surface area contributed by atoms with Gasteiger partial charge < -0.3 is 4.90 Å². The van der Waals surface area contributed by atoms with E-state index in [2.05, 4.69) is 173 Å². The molecule has 47 heavy (non-hydrogen) atoms. The molecule has 0 bridgehead atoms. The first-order valence-corrected chi connectivity index (χ1v) is 16.7. The molecule has 1 aromatic heterocycles. The molecule has 0 spiro atoms. The van der Waals surface area contributed by atoms with E-state index in [4.69, 9.17) is 4.98 Å². The maximum Gasteiger partial charge on any atom is 0.145 e. The summed E-state index contributed by atoms with van der Waals surface area (Å²) in [7, 11) is 0. The third-order valence-electron chi connectivity index (χ3n) is 9.35. The number of imidazole rings is 1. The maximum atomic E-state index is 5.26. The molecule has 0 fully saturated rings. The van der Waals surface area contributed by atoms with Crippen molar-refractivity contribution in [3.05, 3.63) is 164 Å². The van der Waals surface area contributed by atoms with E-state index < -0.39 is 0 Å². The Bertz CT molecular complexity index is 2640. The van der Waals surface area contributed by atoms with Crippen molar-refractivity contribution in [3.8, 4) is 17.1 Å². The fourth-order valence-corrected chi connectivity index (χ4v) is 8.36. The third-order valence-corrected chi connectivity index (χ3v) is 10.5. The lowest BCUT2D eigenvalue weighted by atomic mass is 9.94. The summed E-state index contributed by atoms with van der Waals surface area (Å²) < 4.78 is 2.33. The second-order valence-corrected chi connectivity index (χ2v) is 13.1. The van der Waals surface area contributed by atoms with Crippen LogP contribution >= 0.6 is 11.8 Å². The maximum absolute atomic E-state index is 5.26. The van der Waals surface area contributed by atoms with Crippen LogP contribution in [0.1, 0.15) is 0 Å². The predicted octanol–water partition coefficient (Wildman–Crippen LogP) is 12.1. The highest BCUT2D eigenvalue weighted by molar-refractivity contribution is 7.99. The number of hydrogen-bond donors (Lipinski definition) is 0. The fraction of sp³-hybridized carbons (Fsp3) is 0. The molecule has 0 radical (unpaired) electrons. The van der Waals surface area contributed by atoms with Gasteiger partial charge in [0.25, 0.3) is 0 Å². The van der Waals surface area contributed by atoms with Gasteiger partial charge in [0.05, 0.1) is 22.4 Å². The van der Waals surface area contributed by atoms with Gasteiger partial charge in [-0.25, -0.2) is 4.98 Å². The molecule has 1 aliphatic rings. The van der Waals surface area contributed by atoms with Crippen LogP contribution in [0.2, 0.25) is 0 Å². The van der Waals surface area contributed by atoms with E-state index >= 15 is 0 Å². The van der Waals surface area contributed by atoms with Crippen LogP contribution in [0, 0.1) is 0 Å². The molecule has 0 N–H and O–H groups in total. The van der Waals surface area contributed by atoms with Gasteiger partial charge in [0.1, 0.15) is 5.82 Å². The minimum atomic E-state index is 0.934. The van der Waals surface area contributed by atoms with Crippen LogP contribution in [0.5, 0.6) is 0 Å². The van der Waals surface area contributed by atoms with Crippen LogP contribution in [-0.4, -0.2) is 9.55 Å². The van der Waals surface area contributed by atoms with Crippen molar-refractivity contribution < 1.29 is 0 Å². The van der Waals surface area contributed by atoms with Gasteiger partial charge in [-0.2, -0.15) is 0 Å². The number of benzene rings is 8. The summed E-state index contributed by atoms with van der Waals surface area (Å²) >= 11 is 1.82. The van der Waals surface area contributed by atoms with E-state index in [1.807, 2.05) is 11.8 Å². The van der Waals surface area contributed by atoms with Gasteiger partial charge in [-0.15, -0.1) is 0 Å². The average Bonchev–Trinajstić information content (AvgIpc) is 3.54. The second kappa shape index (κ2) is 10.3. The molecule has 9 aromatic rings. The van der Waals surface area contributed by atoms with Crippen molar-refractivity contribution in [1.82, 2.24) is 9.55 Å². The van der Waals surface area contributed by atoms with Crippen molar-refractivity contribution in [3.63, 3.8) is 0 Å². The largest absolute Gasteiger partial charge is 0.308 e. The fourth-order valence-electron chi connectivity index (χ4n) is 7.27. The smallest absolute Gasteiger partial charge is 0.145 e. The van der Waals surface area contributed by atoms with E-state index in [1.165, 1.54) is 53.5 Å². The van der Waals surface area contributed by atoms with Gasteiger partial charge in [0.15, 0.2) is 0 Å². The van der Waals surface area contributed by atoms with Crippen LogP contribution in [0.25, 0.3) is 60.4 Å². The zero-order valence-electron chi connectivity index (χ0n) is 25.3. The average molecular weight is 618 g/mol. The van der Waals surface area contributed by atoms with Gasteiger partial charge in [0, 0.05) is 26.7 Å². The molecule has 0 saturated heterocycles. The summed E-state index contributed by atoms with van der Waals surface area (Å²) in [6.07, 6.45) is 0. The molecular formula is C43H27N3S. The SMILES string of the molecule is c1ccc(N2c3ccccc3Sc3cc(-c4nc5ccccc5n4-c4ccc5c6ccccc6c6ccccc6c5c4)ccc32)cc1. The van der Waals surface area contributed by atoms with Crippen LogP contribution in [0.4, 0.5) is 17.1 Å². The second-order valence-electron chi connectivity index (χ2n) is 12.0. The molecule has 8 aromatic carbocycles. The van der Waals surface area contributed by atoms with Crippen molar-refractivity contribution in [1.29, 1.82) is 0 Å². The summed E-state index contributed by atoms with van der Waals surface area (Å²) in [5.41, 5.74) is 7.78. The van der Waals surface area contributed by atoms with Crippen molar-refractivity contribution in [2.75, 3.05) is 4.90 Å². The normalized spacial score (nSPS) is 12.6. The number of aromatic nitrogens is 2. The number of hydrogen-bond acceptors (Lipinski definition) is 3. The van der Waals surface area contributed by atoms with Crippen LogP contribution in [0.3, 0.4) is 0 Å².